The summed E-state index contributed by atoms with van der Waals surface area (Å²) in [4.78, 5) is 0. The molecule has 0 aromatic rings. The number of aliphatic hydroxyl groups is 1. The molecule has 1 aliphatic carbocycles. The van der Waals surface area contributed by atoms with Crippen molar-refractivity contribution >= 4 is 0 Å². The van der Waals surface area contributed by atoms with Crippen molar-refractivity contribution in [1.29, 1.82) is 0 Å². The van der Waals surface area contributed by atoms with E-state index in [1.165, 1.54) is 12.0 Å². The van der Waals surface area contributed by atoms with Gasteiger partial charge in [0.1, 0.15) is 0 Å². The molecule has 0 radical (unpaired) electrons. The molecule has 0 amide bonds. The summed E-state index contributed by atoms with van der Waals surface area (Å²) in [6.07, 6.45) is 4.12. The second-order valence-corrected chi connectivity index (χ2v) is 4.83. The number of hydrogen-bond donors (Lipinski definition) is 1. The van der Waals surface area contributed by atoms with Crippen molar-refractivity contribution in [2.75, 3.05) is 0 Å². The minimum Gasteiger partial charge on any atom is -0.393 e. The minimum atomic E-state index is -0.0960. The fourth-order valence-corrected chi connectivity index (χ4v) is 2.56. The molecule has 1 rings (SSSR count). The lowest BCUT2D eigenvalue weighted by Crippen LogP contribution is -2.36. The van der Waals surface area contributed by atoms with Crippen LogP contribution in [0.15, 0.2) is 12.2 Å². The smallest absolute Gasteiger partial charge is 0.0546 e. The summed E-state index contributed by atoms with van der Waals surface area (Å²) in [5.74, 6) is 0.515. The zero-order valence-electron chi connectivity index (χ0n) is 9.14. The van der Waals surface area contributed by atoms with E-state index in [1.54, 1.807) is 0 Å². The minimum absolute atomic E-state index is 0.0960. The molecule has 0 spiro atoms. The lowest BCUT2D eigenvalue weighted by atomic mass is 9.63. The van der Waals surface area contributed by atoms with Crippen molar-refractivity contribution < 1.29 is 5.11 Å². The molecular formula is C12H22O. The molecule has 1 fully saturated rings. The molecule has 0 aromatic carbocycles. The summed E-state index contributed by atoms with van der Waals surface area (Å²) in [7, 11) is 0. The Labute approximate surface area is 81.9 Å². The van der Waals surface area contributed by atoms with E-state index in [1.807, 2.05) is 0 Å². The van der Waals surface area contributed by atoms with Crippen molar-refractivity contribution in [2.45, 2.75) is 52.6 Å². The van der Waals surface area contributed by atoms with E-state index in [9.17, 15) is 5.11 Å². The summed E-state index contributed by atoms with van der Waals surface area (Å²) < 4.78 is 0. The highest BCUT2D eigenvalue weighted by Crippen LogP contribution is 2.46. The standard InChI is InChI=1S/C12H22O/c1-5-12(4)7-6-10(13)8-11(12)9(2)3/h10-11,13H,2,5-8H2,1,3-4H3/t10-,11+,12-/m1/s1. The molecule has 1 heteroatoms. The Bertz CT molecular complexity index is 197. The van der Waals surface area contributed by atoms with Gasteiger partial charge in [-0.25, -0.2) is 0 Å². The summed E-state index contributed by atoms with van der Waals surface area (Å²) in [5.41, 5.74) is 1.62. The quantitative estimate of drug-likeness (QED) is 0.650. The van der Waals surface area contributed by atoms with Crippen molar-refractivity contribution in [3.05, 3.63) is 12.2 Å². The third kappa shape index (κ3) is 2.14. The first-order chi connectivity index (χ1) is 5.99. The first-order valence-corrected chi connectivity index (χ1v) is 5.33. The van der Waals surface area contributed by atoms with Crippen LogP contribution in [0.4, 0.5) is 0 Å². The van der Waals surface area contributed by atoms with E-state index < -0.39 is 0 Å². The van der Waals surface area contributed by atoms with Gasteiger partial charge in [0.25, 0.3) is 0 Å². The van der Waals surface area contributed by atoms with Crippen LogP contribution in [0.25, 0.3) is 0 Å². The number of aliphatic hydroxyl groups excluding tert-OH is 1. The lowest BCUT2D eigenvalue weighted by molar-refractivity contribution is 0.0318. The highest BCUT2D eigenvalue weighted by Gasteiger charge is 2.38. The van der Waals surface area contributed by atoms with Gasteiger partial charge in [-0.2, -0.15) is 0 Å². The van der Waals surface area contributed by atoms with Crippen molar-refractivity contribution in [3.63, 3.8) is 0 Å². The first-order valence-electron chi connectivity index (χ1n) is 5.33. The molecule has 0 heterocycles. The van der Waals surface area contributed by atoms with Crippen LogP contribution in [-0.2, 0) is 0 Å². The molecule has 0 unspecified atom stereocenters. The highest BCUT2D eigenvalue weighted by atomic mass is 16.3. The van der Waals surface area contributed by atoms with Gasteiger partial charge in [0.05, 0.1) is 6.10 Å². The molecular weight excluding hydrogens is 160 g/mol. The van der Waals surface area contributed by atoms with Gasteiger partial charge in [0.15, 0.2) is 0 Å². The molecule has 0 aliphatic heterocycles. The molecule has 0 saturated heterocycles. The molecule has 1 N–H and O–H groups in total. The molecule has 0 bridgehead atoms. The van der Waals surface area contributed by atoms with Crippen LogP contribution in [-0.4, -0.2) is 11.2 Å². The van der Waals surface area contributed by atoms with Crippen molar-refractivity contribution in [2.24, 2.45) is 11.3 Å². The number of allylic oxidation sites excluding steroid dienone is 1. The zero-order chi connectivity index (χ0) is 10.1. The number of hydrogen-bond acceptors (Lipinski definition) is 1. The maximum Gasteiger partial charge on any atom is 0.0546 e. The van der Waals surface area contributed by atoms with Crippen LogP contribution in [0.2, 0.25) is 0 Å². The second-order valence-electron chi connectivity index (χ2n) is 4.83. The topological polar surface area (TPSA) is 20.2 Å². The van der Waals surface area contributed by atoms with Crippen LogP contribution < -0.4 is 0 Å². The van der Waals surface area contributed by atoms with E-state index in [4.69, 9.17) is 0 Å². The summed E-state index contributed by atoms with van der Waals surface area (Å²) in [6.45, 7) is 10.7. The molecule has 3 atom stereocenters. The average Bonchev–Trinajstić information content (AvgIpc) is 2.09. The maximum absolute atomic E-state index is 9.62. The largest absolute Gasteiger partial charge is 0.393 e. The van der Waals surface area contributed by atoms with Gasteiger partial charge in [0, 0.05) is 0 Å². The monoisotopic (exact) mass is 182 g/mol. The SMILES string of the molecule is C=C(C)[C@@H]1C[C@H](O)CC[C@@]1(C)CC. The maximum atomic E-state index is 9.62. The molecule has 13 heavy (non-hydrogen) atoms. The predicted molar refractivity (Wildman–Crippen MR) is 56.6 cm³/mol. The summed E-state index contributed by atoms with van der Waals surface area (Å²) >= 11 is 0. The van der Waals surface area contributed by atoms with Gasteiger partial charge < -0.3 is 5.11 Å². The third-order valence-corrected chi connectivity index (χ3v) is 3.80. The van der Waals surface area contributed by atoms with E-state index >= 15 is 0 Å². The Morgan fingerprint density at radius 2 is 2.23 bits per heavy atom. The summed E-state index contributed by atoms with van der Waals surface area (Å²) in [5, 5.41) is 9.62. The predicted octanol–water partition coefficient (Wildman–Crippen LogP) is 3.14. The van der Waals surface area contributed by atoms with Crippen LogP contribution in [0.1, 0.15) is 46.5 Å². The van der Waals surface area contributed by atoms with Gasteiger partial charge >= 0.3 is 0 Å². The van der Waals surface area contributed by atoms with Crippen molar-refractivity contribution in [1.82, 2.24) is 0 Å². The lowest BCUT2D eigenvalue weighted by Gasteiger charge is -2.43. The van der Waals surface area contributed by atoms with Crippen LogP contribution in [0.5, 0.6) is 0 Å². The van der Waals surface area contributed by atoms with Gasteiger partial charge in [-0.1, -0.05) is 32.4 Å². The highest BCUT2D eigenvalue weighted by molar-refractivity contribution is 5.06. The Hall–Kier alpha value is -0.300. The molecule has 0 aromatic heterocycles. The van der Waals surface area contributed by atoms with E-state index in [0.717, 1.165) is 19.3 Å². The second kappa shape index (κ2) is 3.83. The average molecular weight is 182 g/mol. The normalized spacial score (nSPS) is 40.3. The molecule has 76 valence electrons. The Balaban J connectivity index is 2.77. The fourth-order valence-electron chi connectivity index (χ4n) is 2.56. The fraction of sp³-hybridized carbons (Fsp3) is 0.833. The van der Waals surface area contributed by atoms with Crippen LogP contribution >= 0.6 is 0 Å². The van der Waals surface area contributed by atoms with Gasteiger partial charge in [0.2, 0.25) is 0 Å². The summed E-state index contributed by atoms with van der Waals surface area (Å²) in [6, 6.07) is 0. The van der Waals surface area contributed by atoms with Crippen molar-refractivity contribution in [3.8, 4) is 0 Å². The van der Waals surface area contributed by atoms with Crippen LogP contribution in [0, 0.1) is 11.3 Å². The Morgan fingerprint density at radius 3 is 2.69 bits per heavy atom. The van der Waals surface area contributed by atoms with Gasteiger partial charge in [-0.05, 0) is 37.5 Å². The first kappa shape index (κ1) is 10.8. The third-order valence-electron chi connectivity index (χ3n) is 3.80. The van der Waals surface area contributed by atoms with Crippen LogP contribution in [0.3, 0.4) is 0 Å². The van der Waals surface area contributed by atoms with E-state index in [-0.39, 0.29) is 6.10 Å². The Morgan fingerprint density at radius 1 is 1.62 bits per heavy atom. The molecule has 1 aliphatic rings. The van der Waals surface area contributed by atoms with Gasteiger partial charge in [-0.3, -0.25) is 0 Å². The van der Waals surface area contributed by atoms with E-state index in [0.29, 0.717) is 11.3 Å². The zero-order valence-corrected chi connectivity index (χ0v) is 9.14. The number of rotatable bonds is 2. The Kier molecular flexibility index (Phi) is 3.18. The van der Waals surface area contributed by atoms with E-state index in [2.05, 4.69) is 27.4 Å². The molecule has 1 saturated carbocycles. The molecule has 1 nitrogen and oxygen atoms in total. The van der Waals surface area contributed by atoms with Gasteiger partial charge in [-0.15, -0.1) is 0 Å².